The third-order valence-electron chi connectivity index (χ3n) is 3.36. The fourth-order valence-electron chi connectivity index (χ4n) is 2.27. The maximum atomic E-state index is 5.48. The summed E-state index contributed by atoms with van der Waals surface area (Å²) >= 11 is 0. The van der Waals surface area contributed by atoms with Gasteiger partial charge in [-0.1, -0.05) is 6.07 Å². The number of aromatic nitrogens is 1. The van der Waals surface area contributed by atoms with Gasteiger partial charge in [-0.2, -0.15) is 0 Å². The van der Waals surface area contributed by atoms with Crippen molar-refractivity contribution < 1.29 is 4.74 Å². The van der Waals surface area contributed by atoms with Gasteiger partial charge < -0.3 is 14.6 Å². The average Bonchev–Trinajstić information content (AvgIpc) is 2.76. The van der Waals surface area contributed by atoms with Gasteiger partial charge in [0, 0.05) is 24.2 Å². The smallest absolute Gasteiger partial charge is 0.128 e. The third-order valence-corrected chi connectivity index (χ3v) is 3.36. The lowest BCUT2D eigenvalue weighted by molar-refractivity contribution is 0.419. The Kier molecular flexibility index (Phi) is 3.38. The maximum Gasteiger partial charge on any atom is 0.128 e. The summed E-state index contributed by atoms with van der Waals surface area (Å²) in [6.07, 6.45) is 2.22. The highest BCUT2D eigenvalue weighted by Crippen LogP contribution is 2.33. The predicted molar refractivity (Wildman–Crippen MR) is 71.6 cm³/mol. The Labute approximate surface area is 102 Å². The standard InChI is InChI=1S/C14H20N2O/c1-5-16-9-11(10(2)15-3)14-12(16)7-6-8-13(14)17-4/h6-10,15H,5H2,1-4H3. The molecule has 0 fully saturated rings. The van der Waals surface area contributed by atoms with Crippen molar-refractivity contribution in [1.29, 1.82) is 0 Å². The summed E-state index contributed by atoms with van der Waals surface area (Å²) in [7, 11) is 3.71. The van der Waals surface area contributed by atoms with Crippen LogP contribution in [-0.2, 0) is 6.54 Å². The van der Waals surface area contributed by atoms with Crippen LogP contribution in [0.5, 0.6) is 5.75 Å². The van der Waals surface area contributed by atoms with Crippen molar-refractivity contribution in [2.24, 2.45) is 0 Å². The molecule has 2 rings (SSSR count). The lowest BCUT2D eigenvalue weighted by atomic mass is 10.1. The predicted octanol–water partition coefficient (Wildman–Crippen LogP) is 2.95. The summed E-state index contributed by atoms with van der Waals surface area (Å²) < 4.78 is 7.74. The first-order valence-corrected chi connectivity index (χ1v) is 6.05. The van der Waals surface area contributed by atoms with Crippen molar-refractivity contribution in [2.75, 3.05) is 14.2 Å². The molecule has 3 nitrogen and oxygen atoms in total. The number of benzene rings is 1. The molecule has 0 aliphatic carbocycles. The SMILES string of the molecule is CCn1cc(C(C)NC)c2c(OC)cccc21. The van der Waals surface area contributed by atoms with Crippen LogP contribution in [0.1, 0.15) is 25.5 Å². The molecule has 92 valence electrons. The molecule has 2 aromatic rings. The largest absolute Gasteiger partial charge is 0.496 e. The van der Waals surface area contributed by atoms with Crippen molar-refractivity contribution >= 4 is 10.9 Å². The van der Waals surface area contributed by atoms with Crippen LogP contribution >= 0.6 is 0 Å². The zero-order valence-electron chi connectivity index (χ0n) is 10.9. The van der Waals surface area contributed by atoms with Crippen LogP contribution in [0.15, 0.2) is 24.4 Å². The van der Waals surface area contributed by atoms with Gasteiger partial charge in [0.1, 0.15) is 5.75 Å². The normalized spacial score (nSPS) is 12.9. The maximum absolute atomic E-state index is 5.48. The van der Waals surface area contributed by atoms with E-state index in [1.807, 2.05) is 19.2 Å². The Morgan fingerprint density at radius 2 is 2.18 bits per heavy atom. The van der Waals surface area contributed by atoms with E-state index in [-0.39, 0.29) is 0 Å². The molecular formula is C14H20N2O. The molecule has 3 heteroatoms. The minimum Gasteiger partial charge on any atom is -0.496 e. The van der Waals surface area contributed by atoms with E-state index < -0.39 is 0 Å². The van der Waals surface area contributed by atoms with E-state index in [0.717, 1.165) is 12.3 Å². The van der Waals surface area contributed by atoms with Crippen LogP contribution in [0.3, 0.4) is 0 Å². The van der Waals surface area contributed by atoms with Crippen molar-refractivity contribution in [2.45, 2.75) is 26.4 Å². The van der Waals surface area contributed by atoms with Crippen LogP contribution in [0.2, 0.25) is 0 Å². The Bertz CT molecular complexity index is 516. The van der Waals surface area contributed by atoms with Gasteiger partial charge >= 0.3 is 0 Å². The molecular weight excluding hydrogens is 212 g/mol. The number of nitrogens with zero attached hydrogens (tertiary/aromatic N) is 1. The minimum absolute atomic E-state index is 0.321. The lowest BCUT2D eigenvalue weighted by Crippen LogP contribution is -2.11. The molecule has 0 amide bonds. The van der Waals surface area contributed by atoms with Crippen molar-refractivity contribution in [3.8, 4) is 5.75 Å². The highest BCUT2D eigenvalue weighted by atomic mass is 16.5. The van der Waals surface area contributed by atoms with Crippen LogP contribution in [-0.4, -0.2) is 18.7 Å². The molecule has 0 spiro atoms. The Hall–Kier alpha value is -1.48. The molecule has 1 atom stereocenters. The molecule has 0 saturated carbocycles. The fraction of sp³-hybridized carbons (Fsp3) is 0.429. The summed E-state index contributed by atoms with van der Waals surface area (Å²) in [5.74, 6) is 0.951. The van der Waals surface area contributed by atoms with Gasteiger partial charge in [-0.3, -0.25) is 0 Å². The second-order valence-electron chi connectivity index (χ2n) is 4.24. The van der Waals surface area contributed by atoms with Crippen LogP contribution in [0.4, 0.5) is 0 Å². The van der Waals surface area contributed by atoms with Crippen molar-refractivity contribution in [3.05, 3.63) is 30.0 Å². The van der Waals surface area contributed by atoms with Gasteiger partial charge in [-0.15, -0.1) is 0 Å². The van der Waals surface area contributed by atoms with E-state index in [9.17, 15) is 0 Å². The number of nitrogens with one attached hydrogen (secondary N) is 1. The fourth-order valence-corrected chi connectivity index (χ4v) is 2.27. The van der Waals surface area contributed by atoms with Gasteiger partial charge in [0.2, 0.25) is 0 Å². The van der Waals surface area contributed by atoms with E-state index in [4.69, 9.17) is 4.74 Å². The first-order chi connectivity index (χ1) is 8.22. The molecule has 0 bridgehead atoms. The van der Waals surface area contributed by atoms with E-state index in [0.29, 0.717) is 6.04 Å². The van der Waals surface area contributed by atoms with E-state index >= 15 is 0 Å². The molecule has 1 N–H and O–H groups in total. The third kappa shape index (κ3) is 1.91. The molecule has 1 aromatic carbocycles. The molecule has 0 aliphatic heterocycles. The molecule has 1 heterocycles. The summed E-state index contributed by atoms with van der Waals surface area (Å²) in [5, 5.41) is 4.51. The highest BCUT2D eigenvalue weighted by Gasteiger charge is 2.15. The number of ether oxygens (including phenoxy) is 1. The van der Waals surface area contributed by atoms with E-state index in [2.05, 4.69) is 36.0 Å². The number of hydrogen-bond acceptors (Lipinski definition) is 2. The lowest BCUT2D eigenvalue weighted by Gasteiger charge is -2.10. The monoisotopic (exact) mass is 232 g/mol. The van der Waals surface area contributed by atoms with Crippen LogP contribution < -0.4 is 10.1 Å². The van der Waals surface area contributed by atoms with Gasteiger partial charge in [0.05, 0.1) is 12.6 Å². The zero-order chi connectivity index (χ0) is 12.4. The summed E-state index contributed by atoms with van der Waals surface area (Å²) in [5.41, 5.74) is 2.53. The molecule has 17 heavy (non-hydrogen) atoms. The summed E-state index contributed by atoms with van der Waals surface area (Å²) in [6.45, 7) is 5.30. The van der Waals surface area contributed by atoms with Crippen molar-refractivity contribution in [3.63, 3.8) is 0 Å². The quantitative estimate of drug-likeness (QED) is 0.877. The number of aryl methyl sites for hydroxylation is 1. The Morgan fingerprint density at radius 1 is 1.41 bits per heavy atom. The first-order valence-electron chi connectivity index (χ1n) is 6.05. The second kappa shape index (κ2) is 4.80. The minimum atomic E-state index is 0.321. The highest BCUT2D eigenvalue weighted by molar-refractivity contribution is 5.90. The number of hydrogen-bond donors (Lipinski definition) is 1. The summed E-state index contributed by atoms with van der Waals surface area (Å²) in [6, 6.07) is 6.53. The van der Waals surface area contributed by atoms with Gasteiger partial charge in [-0.25, -0.2) is 0 Å². The van der Waals surface area contributed by atoms with Crippen LogP contribution in [0, 0.1) is 0 Å². The molecule has 0 saturated heterocycles. The van der Waals surface area contributed by atoms with Crippen LogP contribution in [0.25, 0.3) is 10.9 Å². The molecule has 0 radical (unpaired) electrons. The Balaban J connectivity index is 2.74. The van der Waals surface area contributed by atoms with Gasteiger partial charge in [0.25, 0.3) is 0 Å². The van der Waals surface area contributed by atoms with Crippen molar-refractivity contribution in [1.82, 2.24) is 9.88 Å². The molecule has 1 unspecified atom stereocenters. The van der Waals surface area contributed by atoms with Gasteiger partial charge in [0.15, 0.2) is 0 Å². The molecule has 0 aliphatic rings. The number of fused-ring (bicyclic) bond motifs is 1. The Morgan fingerprint density at radius 3 is 2.76 bits per heavy atom. The number of methoxy groups -OCH3 is 1. The topological polar surface area (TPSA) is 26.2 Å². The van der Waals surface area contributed by atoms with E-state index in [1.54, 1.807) is 7.11 Å². The number of rotatable bonds is 4. The molecule has 1 aromatic heterocycles. The summed E-state index contributed by atoms with van der Waals surface area (Å²) in [4.78, 5) is 0. The zero-order valence-corrected chi connectivity index (χ0v) is 10.9. The van der Waals surface area contributed by atoms with Gasteiger partial charge in [-0.05, 0) is 38.6 Å². The second-order valence-corrected chi connectivity index (χ2v) is 4.24. The average molecular weight is 232 g/mol. The van der Waals surface area contributed by atoms with E-state index in [1.165, 1.54) is 16.5 Å². The first kappa shape index (κ1) is 12.0.